The molecule has 1 saturated heterocycles. The number of likely N-dealkylation sites (tertiary alicyclic amines) is 1. The summed E-state index contributed by atoms with van der Waals surface area (Å²) in [5.41, 5.74) is 0. The van der Waals surface area contributed by atoms with Gasteiger partial charge in [-0.25, -0.2) is 4.79 Å². The Kier molecular flexibility index (Phi) is 4.80. The maximum atomic E-state index is 12.0. The molecule has 0 radical (unpaired) electrons. The Bertz CT molecular complexity index is 320. The van der Waals surface area contributed by atoms with Crippen LogP contribution in [0.4, 0.5) is 18.0 Å². The van der Waals surface area contributed by atoms with Gasteiger partial charge in [-0.3, -0.25) is 4.79 Å². The monoisotopic (exact) mass is 267 g/mol. The van der Waals surface area contributed by atoms with Gasteiger partial charge in [-0.2, -0.15) is 13.2 Å². The summed E-state index contributed by atoms with van der Waals surface area (Å²) >= 11 is 0. The fraction of sp³-hybridized carbons (Fsp3) is 0.800. The highest BCUT2D eigenvalue weighted by molar-refractivity contribution is 5.87. The lowest BCUT2D eigenvalue weighted by atomic mass is 10.0. The summed E-state index contributed by atoms with van der Waals surface area (Å²) in [4.78, 5) is 24.3. The minimum absolute atomic E-state index is 0.293. The molecule has 5 nitrogen and oxygen atoms in total. The van der Waals surface area contributed by atoms with Gasteiger partial charge >= 0.3 is 12.2 Å². The van der Waals surface area contributed by atoms with Crippen LogP contribution >= 0.6 is 0 Å². The van der Waals surface area contributed by atoms with Crippen LogP contribution in [-0.2, 0) is 4.79 Å². The number of halogens is 3. The highest BCUT2D eigenvalue weighted by Gasteiger charge is 2.34. The van der Waals surface area contributed by atoms with Crippen molar-refractivity contribution >= 4 is 11.9 Å². The van der Waals surface area contributed by atoms with Crippen molar-refractivity contribution in [1.82, 2.24) is 15.5 Å². The van der Waals surface area contributed by atoms with E-state index in [0.717, 1.165) is 11.3 Å². The van der Waals surface area contributed by atoms with E-state index in [1.54, 1.807) is 5.32 Å². The molecule has 2 N–H and O–H groups in total. The molecule has 0 spiro atoms. The van der Waals surface area contributed by atoms with Crippen LogP contribution in [0, 0.1) is 0 Å². The lowest BCUT2D eigenvalue weighted by molar-refractivity contribution is -0.126. The molecule has 0 aromatic rings. The average molecular weight is 267 g/mol. The van der Waals surface area contributed by atoms with E-state index in [-0.39, 0.29) is 5.91 Å². The normalized spacial score (nSPS) is 20.4. The topological polar surface area (TPSA) is 61.4 Å². The third-order valence-electron chi connectivity index (χ3n) is 2.75. The van der Waals surface area contributed by atoms with Crippen LogP contribution in [0.25, 0.3) is 0 Å². The summed E-state index contributed by atoms with van der Waals surface area (Å²) < 4.78 is 36.0. The molecule has 104 valence electrons. The Morgan fingerprint density at radius 2 is 2.00 bits per heavy atom. The fourth-order valence-corrected chi connectivity index (χ4v) is 1.89. The maximum Gasteiger partial charge on any atom is 0.405 e. The predicted octanol–water partition coefficient (Wildman–Crippen LogP) is 0.859. The lowest BCUT2D eigenvalue weighted by Crippen LogP contribution is -2.55. The Hall–Kier alpha value is -1.47. The number of hydrogen-bond donors (Lipinski definition) is 2. The molecule has 18 heavy (non-hydrogen) atoms. The van der Waals surface area contributed by atoms with Crippen LogP contribution in [0.15, 0.2) is 0 Å². The zero-order valence-electron chi connectivity index (χ0n) is 10.0. The summed E-state index contributed by atoms with van der Waals surface area (Å²) in [6.45, 7) is -1.09. The molecule has 0 aromatic heterocycles. The minimum Gasteiger partial charge on any atom is -0.357 e. The quantitative estimate of drug-likeness (QED) is 0.779. The van der Waals surface area contributed by atoms with Crippen LogP contribution in [0.1, 0.15) is 19.3 Å². The molecule has 0 aliphatic carbocycles. The van der Waals surface area contributed by atoms with Gasteiger partial charge in [0.15, 0.2) is 0 Å². The summed E-state index contributed by atoms with van der Waals surface area (Å²) in [6.07, 6.45) is -2.51. The number of nitrogens with one attached hydrogen (secondary N) is 2. The van der Waals surface area contributed by atoms with Gasteiger partial charge in [-0.1, -0.05) is 0 Å². The molecule has 1 atom stereocenters. The van der Waals surface area contributed by atoms with E-state index in [0.29, 0.717) is 19.4 Å². The smallest absolute Gasteiger partial charge is 0.357 e. The molecule has 0 saturated carbocycles. The number of likely N-dealkylation sites (N-methyl/N-ethyl adjacent to an activating group) is 1. The molecule has 3 amide bonds. The first-order valence-corrected chi connectivity index (χ1v) is 5.68. The second-order valence-corrected chi connectivity index (χ2v) is 4.09. The zero-order valence-corrected chi connectivity index (χ0v) is 10.0. The van der Waals surface area contributed by atoms with Gasteiger partial charge in [0.25, 0.3) is 0 Å². The molecule has 8 heteroatoms. The number of rotatable bonds is 2. The van der Waals surface area contributed by atoms with E-state index in [2.05, 4.69) is 5.32 Å². The predicted molar refractivity (Wildman–Crippen MR) is 57.9 cm³/mol. The zero-order chi connectivity index (χ0) is 13.8. The van der Waals surface area contributed by atoms with Crippen molar-refractivity contribution in [2.75, 3.05) is 20.1 Å². The Morgan fingerprint density at radius 1 is 1.33 bits per heavy atom. The second-order valence-electron chi connectivity index (χ2n) is 4.09. The number of urea groups is 1. The molecule has 1 fully saturated rings. The van der Waals surface area contributed by atoms with Gasteiger partial charge in [0.2, 0.25) is 5.91 Å². The SMILES string of the molecule is CNC(=O)C1CCCCN1C(=O)NCC(F)(F)F. The summed E-state index contributed by atoms with van der Waals surface area (Å²) in [5, 5.41) is 4.19. The molecule has 1 aliphatic heterocycles. The Labute approximate surface area is 103 Å². The molecule has 1 rings (SSSR count). The van der Waals surface area contributed by atoms with Crippen LogP contribution < -0.4 is 10.6 Å². The van der Waals surface area contributed by atoms with Gasteiger partial charge in [-0.05, 0) is 19.3 Å². The van der Waals surface area contributed by atoms with Crippen molar-refractivity contribution in [3.8, 4) is 0 Å². The van der Waals surface area contributed by atoms with E-state index >= 15 is 0 Å². The number of carbonyl (C=O) groups excluding carboxylic acids is 2. The highest BCUT2D eigenvalue weighted by Crippen LogP contribution is 2.18. The fourth-order valence-electron chi connectivity index (χ4n) is 1.89. The van der Waals surface area contributed by atoms with Crippen LogP contribution in [0.5, 0.6) is 0 Å². The summed E-state index contributed by atoms with van der Waals surface area (Å²) in [6, 6.07) is -1.53. The number of hydrogen-bond acceptors (Lipinski definition) is 2. The molecular formula is C10H16F3N3O2. The molecule has 1 aliphatic rings. The first-order chi connectivity index (χ1) is 8.35. The third-order valence-corrected chi connectivity index (χ3v) is 2.75. The second kappa shape index (κ2) is 5.92. The highest BCUT2D eigenvalue weighted by atomic mass is 19.4. The maximum absolute atomic E-state index is 12.0. The van der Waals surface area contributed by atoms with E-state index in [9.17, 15) is 22.8 Å². The van der Waals surface area contributed by atoms with Crippen LogP contribution in [0.3, 0.4) is 0 Å². The van der Waals surface area contributed by atoms with Crippen LogP contribution in [0.2, 0.25) is 0 Å². The number of piperidine rings is 1. The Morgan fingerprint density at radius 3 is 2.56 bits per heavy atom. The standard InChI is InChI=1S/C10H16F3N3O2/c1-14-8(17)7-4-2-3-5-16(7)9(18)15-6-10(11,12)13/h7H,2-6H2,1H3,(H,14,17)(H,15,18). The van der Waals surface area contributed by atoms with Gasteiger partial charge < -0.3 is 15.5 Å². The third kappa shape index (κ3) is 4.08. The molecule has 1 unspecified atom stereocenters. The average Bonchev–Trinajstić information content (AvgIpc) is 2.34. The van der Waals surface area contributed by atoms with E-state index < -0.39 is 24.8 Å². The number of nitrogens with zero attached hydrogens (tertiary/aromatic N) is 1. The summed E-state index contributed by atoms with van der Waals surface area (Å²) in [5.74, 6) is -0.350. The molecule has 0 bridgehead atoms. The summed E-state index contributed by atoms with van der Waals surface area (Å²) in [7, 11) is 1.43. The van der Waals surface area contributed by atoms with Gasteiger partial charge in [0.1, 0.15) is 12.6 Å². The van der Waals surface area contributed by atoms with Crippen molar-refractivity contribution in [3.63, 3.8) is 0 Å². The van der Waals surface area contributed by atoms with Crippen molar-refractivity contribution in [3.05, 3.63) is 0 Å². The first kappa shape index (κ1) is 14.6. The van der Waals surface area contributed by atoms with Crippen molar-refractivity contribution < 1.29 is 22.8 Å². The Balaban J connectivity index is 2.60. The molecule has 1 heterocycles. The molecular weight excluding hydrogens is 251 g/mol. The van der Waals surface area contributed by atoms with Gasteiger partial charge in [-0.15, -0.1) is 0 Å². The molecule has 0 aromatic carbocycles. The lowest BCUT2D eigenvalue weighted by Gasteiger charge is -2.34. The van der Waals surface area contributed by atoms with E-state index in [1.807, 2.05) is 0 Å². The van der Waals surface area contributed by atoms with Crippen molar-refractivity contribution in [1.29, 1.82) is 0 Å². The number of amides is 3. The van der Waals surface area contributed by atoms with Gasteiger partial charge in [0, 0.05) is 13.6 Å². The van der Waals surface area contributed by atoms with Crippen molar-refractivity contribution in [2.45, 2.75) is 31.5 Å². The van der Waals surface area contributed by atoms with E-state index in [4.69, 9.17) is 0 Å². The first-order valence-electron chi connectivity index (χ1n) is 5.68. The number of alkyl halides is 3. The van der Waals surface area contributed by atoms with Crippen molar-refractivity contribution in [2.24, 2.45) is 0 Å². The minimum atomic E-state index is -4.45. The van der Waals surface area contributed by atoms with Crippen LogP contribution in [-0.4, -0.2) is 49.2 Å². The number of carbonyl (C=O) groups is 2. The van der Waals surface area contributed by atoms with E-state index in [1.165, 1.54) is 7.05 Å². The largest absolute Gasteiger partial charge is 0.405 e. The van der Waals surface area contributed by atoms with Gasteiger partial charge in [0.05, 0.1) is 0 Å².